The molecule has 7 nitrogen and oxygen atoms in total. The van der Waals surface area contributed by atoms with Gasteiger partial charge in [-0.15, -0.1) is 0 Å². The molecule has 0 spiro atoms. The van der Waals surface area contributed by atoms with E-state index in [2.05, 4.69) is 26.6 Å². The lowest BCUT2D eigenvalue weighted by molar-refractivity contribution is -0.140. The van der Waals surface area contributed by atoms with Crippen LogP contribution in [0.25, 0.3) is 6.08 Å². The Morgan fingerprint density at radius 2 is 1.75 bits per heavy atom. The SMILES string of the molecule is COc1ccc(/C=C(\NC(=O)c2ccccc2Br)C(=O)N[C@H](C)C(=O)O)cc1. The lowest BCUT2D eigenvalue weighted by Gasteiger charge is -2.14. The van der Waals surface area contributed by atoms with Crippen LogP contribution >= 0.6 is 15.9 Å². The van der Waals surface area contributed by atoms with Crippen molar-refractivity contribution in [3.63, 3.8) is 0 Å². The summed E-state index contributed by atoms with van der Waals surface area (Å²) in [6.07, 6.45) is 1.46. The van der Waals surface area contributed by atoms with E-state index in [1.165, 1.54) is 20.1 Å². The molecule has 3 N–H and O–H groups in total. The Balaban J connectivity index is 2.33. The van der Waals surface area contributed by atoms with Crippen molar-refractivity contribution in [1.82, 2.24) is 10.6 Å². The number of nitrogens with one attached hydrogen (secondary N) is 2. The van der Waals surface area contributed by atoms with Crippen molar-refractivity contribution in [2.75, 3.05) is 7.11 Å². The predicted octanol–water partition coefficient (Wildman–Crippen LogP) is 2.82. The number of carbonyl (C=O) groups is 3. The summed E-state index contributed by atoms with van der Waals surface area (Å²) in [7, 11) is 1.54. The van der Waals surface area contributed by atoms with E-state index < -0.39 is 23.8 Å². The van der Waals surface area contributed by atoms with Crippen molar-refractivity contribution in [3.05, 3.63) is 69.8 Å². The van der Waals surface area contributed by atoms with Crippen molar-refractivity contribution in [1.29, 1.82) is 0 Å². The average Bonchev–Trinajstić information content (AvgIpc) is 2.68. The summed E-state index contributed by atoms with van der Waals surface area (Å²) in [5.41, 5.74) is 0.877. The second-order valence-electron chi connectivity index (χ2n) is 5.80. The van der Waals surface area contributed by atoms with Gasteiger partial charge in [0.05, 0.1) is 12.7 Å². The fourth-order valence-electron chi connectivity index (χ4n) is 2.20. The minimum atomic E-state index is -1.19. The highest BCUT2D eigenvalue weighted by Crippen LogP contribution is 2.17. The average molecular weight is 447 g/mol. The molecule has 2 rings (SSSR count). The molecule has 2 amide bonds. The van der Waals surface area contributed by atoms with Gasteiger partial charge < -0.3 is 20.5 Å². The van der Waals surface area contributed by atoms with E-state index in [-0.39, 0.29) is 5.70 Å². The molecule has 2 aromatic rings. The number of carboxylic acids is 1. The number of carboxylic acid groups (broad SMARTS) is 1. The molecule has 0 aliphatic rings. The number of carbonyl (C=O) groups excluding carboxylic acids is 2. The number of methoxy groups -OCH3 is 1. The van der Waals surface area contributed by atoms with Crippen LogP contribution in [0.2, 0.25) is 0 Å². The monoisotopic (exact) mass is 446 g/mol. The molecule has 8 heteroatoms. The molecule has 0 aliphatic carbocycles. The molecule has 0 unspecified atom stereocenters. The van der Waals surface area contributed by atoms with Crippen LogP contribution in [-0.4, -0.2) is 36.0 Å². The zero-order valence-corrected chi connectivity index (χ0v) is 16.8. The van der Waals surface area contributed by atoms with Crippen LogP contribution in [0.4, 0.5) is 0 Å². The summed E-state index contributed by atoms with van der Waals surface area (Å²) in [5.74, 6) is -1.77. The minimum Gasteiger partial charge on any atom is -0.497 e. The van der Waals surface area contributed by atoms with Crippen LogP contribution in [0, 0.1) is 0 Å². The Labute approximate surface area is 170 Å². The Kier molecular flexibility index (Phi) is 7.34. The standard InChI is InChI=1S/C20H19BrN2O5/c1-12(20(26)27)22-19(25)17(11-13-7-9-14(28-2)10-8-13)23-18(24)15-5-3-4-6-16(15)21/h3-12H,1-2H3,(H,22,25)(H,23,24)(H,26,27)/b17-11-/t12-/m1/s1. The van der Waals surface area contributed by atoms with Crippen molar-refractivity contribution < 1.29 is 24.2 Å². The first-order valence-electron chi connectivity index (χ1n) is 8.27. The summed E-state index contributed by atoms with van der Waals surface area (Å²) >= 11 is 3.29. The number of halogens is 1. The van der Waals surface area contributed by atoms with Crippen molar-refractivity contribution >= 4 is 39.8 Å². The van der Waals surface area contributed by atoms with Gasteiger partial charge in [0.2, 0.25) is 0 Å². The Morgan fingerprint density at radius 3 is 2.32 bits per heavy atom. The number of amides is 2. The summed E-state index contributed by atoms with van der Waals surface area (Å²) in [6.45, 7) is 1.33. The molecule has 0 heterocycles. The second kappa shape index (κ2) is 9.70. The topological polar surface area (TPSA) is 105 Å². The molecule has 28 heavy (non-hydrogen) atoms. The molecule has 0 saturated heterocycles. The second-order valence-corrected chi connectivity index (χ2v) is 6.65. The van der Waals surface area contributed by atoms with Gasteiger partial charge in [-0.3, -0.25) is 14.4 Å². The molecule has 0 aliphatic heterocycles. The van der Waals surface area contributed by atoms with Crippen molar-refractivity contribution in [2.45, 2.75) is 13.0 Å². The van der Waals surface area contributed by atoms with Crippen LogP contribution in [0.5, 0.6) is 5.75 Å². The number of hydrogen-bond acceptors (Lipinski definition) is 4. The number of ether oxygens (including phenoxy) is 1. The van der Waals surface area contributed by atoms with Gasteiger partial charge in [-0.05, 0) is 58.8 Å². The van der Waals surface area contributed by atoms with E-state index in [4.69, 9.17) is 9.84 Å². The van der Waals surface area contributed by atoms with Gasteiger partial charge in [-0.2, -0.15) is 0 Å². The highest BCUT2D eigenvalue weighted by molar-refractivity contribution is 9.10. The molecule has 0 radical (unpaired) electrons. The fraction of sp³-hybridized carbons (Fsp3) is 0.150. The summed E-state index contributed by atoms with van der Waals surface area (Å²) < 4.78 is 5.66. The molecule has 0 fully saturated rings. The third kappa shape index (κ3) is 5.68. The van der Waals surface area contributed by atoms with E-state index in [0.717, 1.165) is 0 Å². The quantitative estimate of drug-likeness (QED) is 0.567. The lowest BCUT2D eigenvalue weighted by Crippen LogP contribution is -2.42. The molecule has 0 aromatic heterocycles. The van der Waals surface area contributed by atoms with Gasteiger partial charge in [0.15, 0.2) is 0 Å². The summed E-state index contributed by atoms with van der Waals surface area (Å²) in [4.78, 5) is 36.2. The van der Waals surface area contributed by atoms with E-state index in [9.17, 15) is 14.4 Å². The Morgan fingerprint density at radius 1 is 1.11 bits per heavy atom. The van der Waals surface area contributed by atoms with Crippen LogP contribution in [0.1, 0.15) is 22.8 Å². The maximum Gasteiger partial charge on any atom is 0.325 e. The fourth-order valence-corrected chi connectivity index (χ4v) is 2.66. The summed E-state index contributed by atoms with van der Waals surface area (Å²) in [6, 6.07) is 12.5. The normalized spacial score (nSPS) is 12.0. The van der Waals surface area contributed by atoms with E-state index in [0.29, 0.717) is 21.3 Å². The van der Waals surface area contributed by atoms with Gasteiger partial charge in [0.1, 0.15) is 17.5 Å². The predicted molar refractivity (Wildman–Crippen MR) is 108 cm³/mol. The molecular weight excluding hydrogens is 428 g/mol. The summed E-state index contributed by atoms with van der Waals surface area (Å²) in [5, 5.41) is 13.9. The molecule has 1 atom stereocenters. The number of aliphatic carboxylic acids is 1. The first-order valence-corrected chi connectivity index (χ1v) is 9.06. The van der Waals surface area contributed by atoms with E-state index >= 15 is 0 Å². The van der Waals surface area contributed by atoms with Crippen LogP contribution in [0.15, 0.2) is 58.7 Å². The third-order valence-electron chi connectivity index (χ3n) is 3.76. The lowest BCUT2D eigenvalue weighted by atomic mass is 10.1. The number of benzene rings is 2. The minimum absolute atomic E-state index is 0.0842. The Bertz CT molecular complexity index is 909. The van der Waals surface area contributed by atoms with Crippen molar-refractivity contribution in [2.24, 2.45) is 0 Å². The molecule has 146 valence electrons. The van der Waals surface area contributed by atoms with Crippen LogP contribution in [0.3, 0.4) is 0 Å². The van der Waals surface area contributed by atoms with Gasteiger partial charge >= 0.3 is 5.97 Å². The smallest absolute Gasteiger partial charge is 0.325 e. The van der Waals surface area contributed by atoms with Crippen LogP contribution < -0.4 is 15.4 Å². The molecule has 0 bridgehead atoms. The molecule has 2 aromatic carbocycles. The van der Waals surface area contributed by atoms with Gasteiger partial charge in [-0.1, -0.05) is 24.3 Å². The van der Waals surface area contributed by atoms with E-state index in [1.54, 1.807) is 48.5 Å². The highest BCUT2D eigenvalue weighted by atomic mass is 79.9. The number of rotatable bonds is 7. The van der Waals surface area contributed by atoms with E-state index in [1.807, 2.05) is 0 Å². The largest absolute Gasteiger partial charge is 0.497 e. The molecular formula is C20H19BrN2O5. The first kappa shape index (κ1) is 21.2. The highest BCUT2D eigenvalue weighted by Gasteiger charge is 2.20. The maximum absolute atomic E-state index is 12.6. The van der Waals surface area contributed by atoms with Gasteiger partial charge in [-0.25, -0.2) is 0 Å². The van der Waals surface area contributed by atoms with Gasteiger partial charge in [0.25, 0.3) is 11.8 Å². The first-order chi connectivity index (χ1) is 13.3. The molecule has 0 saturated carbocycles. The zero-order chi connectivity index (χ0) is 20.7. The maximum atomic E-state index is 12.6. The van der Waals surface area contributed by atoms with Crippen molar-refractivity contribution in [3.8, 4) is 5.75 Å². The van der Waals surface area contributed by atoms with Crippen LogP contribution in [-0.2, 0) is 9.59 Å². The third-order valence-corrected chi connectivity index (χ3v) is 4.45. The number of hydrogen-bond donors (Lipinski definition) is 3. The Hall–Kier alpha value is -3.13. The van der Waals surface area contributed by atoms with Gasteiger partial charge in [0, 0.05) is 4.47 Å². The zero-order valence-electron chi connectivity index (χ0n) is 15.2.